The van der Waals surface area contributed by atoms with Crippen molar-refractivity contribution in [2.24, 2.45) is 0 Å². The maximum Gasteiger partial charge on any atom is 0.260 e. The van der Waals surface area contributed by atoms with E-state index in [1.165, 1.54) is 23.0 Å². The zero-order valence-corrected chi connectivity index (χ0v) is 15.0. The van der Waals surface area contributed by atoms with Crippen molar-refractivity contribution >= 4 is 28.5 Å². The molecule has 3 aromatic rings. The number of hydrogen-bond donors (Lipinski definition) is 1. The number of thiazole rings is 1. The summed E-state index contributed by atoms with van der Waals surface area (Å²) in [5.74, 6) is -0.188. The van der Waals surface area contributed by atoms with Gasteiger partial charge in [-0.3, -0.25) is 15.0 Å². The first-order valence-electron chi connectivity index (χ1n) is 8.54. The van der Waals surface area contributed by atoms with E-state index in [0.29, 0.717) is 10.7 Å². The van der Waals surface area contributed by atoms with Gasteiger partial charge in [0.05, 0.1) is 17.5 Å². The highest BCUT2D eigenvalue weighted by atomic mass is 32.1. The van der Waals surface area contributed by atoms with Crippen LogP contribution in [-0.4, -0.2) is 28.9 Å². The van der Waals surface area contributed by atoms with Crippen LogP contribution in [0, 0.1) is 0 Å². The van der Waals surface area contributed by atoms with E-state index < -0.39 is 0 Å². The van der Waals surface area contributed by atoms with Crippen molar-refractivity contribution < 1.29 is 9.21 Å². The number of carbonyl (C=O) groups excluding carboxylic acids is 1. The zero-order chi connectivity index (χ0) is 17.8. The number of rotatable bonds is 5. The molecule has 0 bridgehead atoms. The fourth-order valence-corrected chi connectivity index (χ4v) is 3.97. The average molecular weight is 365 g/mol. The van der Waals surface area contributed by atoms with Crippen LogP contribution in [0.25, 0.3) is 6.08 Å². The molecule has 3 heterocycles. The highest BCUT2D eigenvalue weighted by Gasteiger charge is 2.21. The van der Waals surface area contributed by atoms with Crippen molar-refractivity contribution in [3.63, 3.8) is 0 Å². The van der Waals surface area contributed by atoms with Gasteiger partial charge < -0.3 is 4.42 Å². The molecule has 6 heteroatoms. The summed E-state index contributed by atoms with van der Waals surface area (Å²) in [6.45, 7) is 2.75. The lowest BCUT2D eigenvalue weighted by Gasteiger charge is -2.24. The Kier molecular flexibility index (Phi) is 4.95. The van der Waals surface area contributed by atoms with Crippen molar-refractivity contribution in [2.45, 2.75) is 13.0 Å². The molecule has 0 saturated carbocycles. The smallest absolute Gasteiger partial charge is 0.260 e. The molecule has 1 aliphatic rings. The number of aromatic nitrogens is 1. The van der Waals surface area contributed by atoms with Gasteiger partial charge in [0, 0.05) is 30.9 Å². The van der Waals surface area contributed by atoms with Gasteiger partial charge in [-0.2, -0.15) is 0 Å². The number of anilines is 1. The van der Waals surface area contributed by atoms with Crippen LogP contribution in [0.5, 0.6) is 0 Å². The van der Waals surface area contributed by atoms with Gasteiger partial charge in [-0.25, -0.2) is 4.98 Å². The molecule has 1 N–H and O–H groups in total. The minimum absolute atomic E-state index is 0.188. The van der Waals surface area contributed by atoms with E-state index in [1.54, 1.807) is 17.4 Å². The topological polar surface area (TPSA) is 58.4 Å². The number of fused-ring (bicyclic) bond motifs is 1. The Balaban J connectivity index is 1.36. The van der Waals surface area contributed by atoms with Crippen molar-refractivity contribution in [1.82, 2.24) is 9.88 Å². The summed E-state index contributed by atoms with van der Waals surface area (Å²) in [5.41, 5.74) is 2.82. The molecule has 0 spiro atoms. The number of benzene rings is 1. The summed E-state index contributed by atoms with van der Waals surface area (Å²) >= 11 is 1.56. The summed E-state index contributed by atoms with van der Waals surface area (Å²) in [5, 5.41) is 3.51. The number of nitrogens with zero attached hydrogens (tertiary/aromatic N) is 2. The predicted octanol–water partition coefficient (Wildman–Crippen LogP) is 4.06. The van der Waals surface area contributed by atoms with Gasteiger partial charge in [-0.15, -0.1) is 11.3 Å². The molecule has 2 aromatic heterocycles. The molecule has 26 heavy (non-hydrogen) atoms. The highest BCUT2D eigenvalue weighted by molar-refractivity contribution is 7.15. The molecule has 0 fully saturated rings. The van der Waals surface area contributed by atoms with Gasteiger partial charge >= 0.3 is 0 Å². The van der Waals surface area contributed by atoms with Crippen LogP contribution in [0.1, 0.15) is 26.5 Å². The summed E-state index contributed by atoms with van der Waals surface area (Å²) in [6, 6.07) is 12.0. The van der Waals surface area contributed by atoms with Crippen molar-refractivity contribution in [1.29, 1.82) is 0 Å². The Morgan fingerprint density at radius 1 is 1.31 bits per heavy atom. The van der Waals surface area contributed by atoms with Gasteiger partial charge in [-0.1, -0.05) is 42.5 Å². The maximum absolute atomic E-state index is 12.1. The van der Waals surface area contributed by atoms with E-state index in [1.807, 2.05) is 18.2 Å². The average Bonchev–Trinajstić information content (AvgIpc) is 3.31. The molecule has 5 nitrogen and oxygen atoms in total. The van der Waals surface area contributed by atoms with Crippen molar-refractivity contribution in [2.75, 3.05) is 18.4 Å². The SMILES string of the molecule is O=C(Nc1nc2c(s1)CN(C/C=C/c1ccccc1)CC2)c1ccoc1. The number of amides is 1. The van der Waals surface area contributed by atoms with Gasteiger partial charge in [0.2, 0.25) is 0 Å². The Hall–Kier alpha value is -2.70. The molecule has 0 saturated heterocycles. The number of hydrogen-bond acceptors (Lipinski definition) is 5. The first-order valence-corrected chi connectivity index (χ1v) is 9.35. The van der Waals surface area contributed by atoms with E-state index in [-0.39, 0.29) is 5.91 Å². The number of carbonyl (C=O) groups is 1. The minimum Gasteiger partial charge on any atom is -0.472 e. The molecule has 0 aliphatic carbocycles. The highest BCUT2D eigenvalue weighted by Crippen LogP contribution is 2.28. The van der Waals surface area contributed by atoms with Crippen LogP contribution in [0.15, 0.2) is 59.4 Å². The number of furan rings is 1. The van der Waals surface area contributed by atoms with Crippen LogP contribution in [0.2, 0.25) is 0 Å². The normalized spacial score (nSPS) is 14.5. The lowest BCUT2D eigenvalue weighted by Crippen LogP contribution is -2.29. The first-order chi connectivity index (χ1) is 12.8. The lowest BCUT2D eigenvalue weighted by atomic mass is 10.1. The zero-order valence-electron chi connectivity index (χ0n) is 14.2. The van der Waals surface area contributed by atoms with E-state index in [0.717, 1.165) is 31.7 Å². The minimum atomic E-state index is -0.188. The fourth-order valence-electron chi connectivity index (χ4n) is 2.92. The summed E-state index contributed by atoms with van der Waals surface area (Å²) in [6.07, 6.45) is 8.18. The van der Waals surface area contributed by atoms with Crippen molar-refractivity contribution in [3.05, 3.63) is 76.7 Å². The van der Waals surface area contributed by atoms with Gasteiger partial charge in [0.1, 0.15) is 6.26 Å². The summed E-state index contributed by atoms with van der Waals surface area (Å²) < 4.78 is 4.95. The third-order valence-electron chi connectivity index (χ3n) is 4.29. The Labute approximate surface area is 156 Å². The quantitative estimate of drug-likeness (QED) is 0.741. The Morgan fingerprint density at radius 3 is 3.00 bits per heavy atom. The molecule has 0 atom stereocenters. The molecule has 1 aromatic carbocycles. The van der Waals surface area contributed by atoms with Gasteiger partial charge in [0.15, 0.2) is 5.13 Å². The van der Waals surface area contributed by atoms with Crippen LogP contribution in [0.4, 0.5) is 5.13 Å². The Morgan fingerprint density at radius 2 is 2.19 bits per heavy atom. The van der Waals surface area contributed by atoms with E-state index in [4.69, 9.17) is 4.42 Å². The van der Waals surface area contributed by atoms with E-state index in [2.05, 4.69) is 39.5 Å². The monoisotopic (exact) mass is 365 g/mol. The third-order valence-corrected chi connectivity index (χ3v) is 5.29. The lowest BCUT2D eigenvalue weighted by molar-refractivity contribution is 0.102. The fraction of sp³-hybridized carbons (Fsp3) is 0.200. The van der Waals surface area contributed by atoms with Crippen LogP contribution < -0.4 is 5.32 Å². The van der Waals surface area contributed by atoms with Crippen molar-refractivity contribution in [3.8, 4) is 0 Å². The third kappa shape index (κ3) is 3.92. The second-order valence-electron chi connectivity index (χ2n) is 6.15. The van der Waals surface area contributed by atoms with E-state index >= 15 is 0 Å². The van der Waals surface area contributed by atoms with Crippen LogP contribution in [0.3, 0.4) is 0 Å². The standard InChI is InChI=1S/C20H19N3O2S/c24-19(16-9-12-25-14-16)22-20-21-17-8-11-23(13-18(17)26-20)10-4-7-15-5-2-1-3-6-15/h1-7,9,12,14H,8,10-11,13H2,(H,21,22,24)/b7-4+. The molecule has 1 aliphatic heterocycles. The van der Waals surface area contributed by atoms with Crippen LogP contribution in [-0.2, 0) is 13.0 Å². The maximum atomic E-state index is 12.1. The molecular formula is C20H19N3O2S. The molecule has 0 radical (unpaired) electrons. The molecule has 1 amide bonds. The Bertz CT molecular complexity index is 901. The molecule has 4 rings (SSSR count). The van der Waals surface area contributed by atoms with E-state index in [9.17, 15) is 4.79 Å². The molecule has 132 valence electrons. The summed E-state index contributed by atoms with van der Waals surface area (Å²) in [4.78, 5) is 20.3. The first kappa shape index (κ1) is 16.8. The summed E-state index contributed by atoms with van der Waals surface area (Å²) in [7, 11) is 0. The predicted molar refractivity (Wildman–Crippen MR) is 103 cm³/mol. The van der Waals surface area contributed by atoms with Gasteiger partial charge in [0.25, 0.3) is 5.91 Å². The molecular weight excluding hydrogens is 346 g/mol. The second kappa shape index (κ2) is 7.68. The second-order valence-corrected chi connectivity index (χ2v) is 7.24. The number of nitrogens with one attached hydrogen (secondary N) is 1. The van der Waals surface area contributed by atoms with Crippen LogP contribution >= 0.6 is 11.3 Å². The largest absolute Gasteiger partial charge is 0.472 e. The molecule has 0 unspecified atom stereocenters. The van der Waals surface area contributed by atoms with Gasteiger partial charge in [-0.05, 0) is 11.6 Å².